The lowest BCUT2D eigenvalue weighted by atomic mass is 10.1. The first-order valence-corrected chi connectivity index (χ1v) is 10.2. The van der Waals surface area contributed by atoms with Crippen molar-refractivity contribution in [2.24, 2.45) is 0 Å². The second kappa shape index (κ2) is 17.3. The fourth-order valence-electron chi connectivity index (χ4n) is 2.53. The number of rotatable bonds is 17. The third kappa shape index (κ3) is 16.3. The Morgan fingerprint density at radius 1 is 0.692 bits per heavy atom. The molecule has 6 nitrogen and oxygen atoms in total. The molecular formula is C20H38O6. The molecule has 26 heavy (non-hydrogen) atoms. The summed E-state index contributed by atoms with van der Waals surface area (Å²) in [5, 5.41) is 19.4. The summed E-state index contributed by atoms with van der Waals surface area (Å²) >= 11 is 0. The molecule has 0 spiro atoms. The summed E-state index contributed by atoms with van der Waals surface area (Å²) in [4.78, 5) is 23.1. The van der Waals surface area contributed by atoms with Crippen LogP contribution in [0.3, 0.4) is 0 Å². The lowest BCUT2D eigenvalue weighted by Crippen LogP contribution is -2.13. The van der Waals surface area contributed by atoms with Crippen molar-refractivity contribution in [3.8, 4) is 0 Å². The van der Waals surface area contributed by atoms with Crippen LogP contribution in [0, 0.1) is 0 Å². The molecule has 0 saturated carbocycles. The highest BCUT2D eigenvalue weighted by Gasteiger charge is 2.10. The van der Waals surface area contributed by atoms with Crippen molar-refractivity contribution in [3.05, 3.63) is 0 Å². The molecule has 0 aromatic rings. The van der Waals surface area contributed by atoms with Gasteiger partial charge in [-0.3, -0.25) is 9.59 Å². The molecular weight excluding hydrogens is 336 g/mol. The first-order valence-electron chi connectivity index (χ1n) is 10.2. The number of esters is 2. The van der Waals surface area contributed by atoms with Gasteiger partial charge in [-0.1, -0.05) is 39.5 Å². The predicted molar refractivity (Wildman–Crippen MR) is 101 cm³/mol. The average Bonchev–Trinajstić information content (AvgIpc) is 2.63. The zero-order chi connectivity index (χ0) is 19.6. The summed E-state index contributed by atoms with van der Waals surface area (Å²) in [6.45, 7) is 4.70. The lowest BCUT2D eigenvalue weighted by molar-refractivity contribution is -0.150. The molecule has 6 heteroatoms. The number of aliphatic hydroxyl groups excluding tert-OH is 2. The predicted octanol–water partition coefficient (Wildman–Crippen LogP) is 3.52. The number of unbranched alkanes of at least 4 members (excludes halogenated alkanes) is 2. The summed E-state index contributed by atoms with van der Waals surface area (Å²) < 4.78 is 10.1. The van der Waals surface area contributed by atoms with Gasteiger partial charge in [0.15, 0.2) is 0 Å². The van der Waals surface area contributed by atoms with Gasteiger partial charge in [0.1, 0.15) is 0 Å². The van der Waals surface area contributed by atoms with Crippen LogP contribution in [0.4, 0.5) is 0 Å². The minimum Gasteiger partial charge on any atom is -0.466 e. The maximum Gasteiger partial charge on any atom is 0.306 e. The van der Waals surface area contributed by atoms with Crippen molar-refractivity contribution in [2.45, 2.75) is 103 Å². The molecule has 2 atom stereocenters. The van der Waals surface area contributed by atoms with E-state index in [0.29, 0.717) is 25.7 Å². The second-order valence-electron chi connectivity index (χ2n) is 6.82. The molecule has 154 valence electrons. The average molecular weight is 375 g/mol. The number of carbonyl (C=O) groups is 2. The van der Waals surface area contributed by atoms with E-state index >= 15 is 0 Å². The van der Waals surface area contributed by atoms with Gasteiger partial charge in [-0.2, -0.15) is 0 Å². The van der Waals surface area contributed by atoms with E-state index in [-0.39, 0.29) is 38.3 Å². The van der Waals surface area contributed by atoms with Crippen LogP contribution in [-0.4, -0.2) is 47.6 Å². The largest absolute Gasteiger partial charge is 0.466 e. The van der Waals surface area contributed by atoms with Crippen molar-refractivity contribution >= 4 is 11.9 Å². The van der Waals surface area contributed by atoms with Gasteiger partial charge < -0.3 is 19.7 Å². The fourth-order valence-corrected chi connectivity index (χ4v) is 2.53. The Morgan fingerprint density at radius 3 is 1.38 bits per heavy atom. The molecule has 0 radical (unpaired) electrons. The maximum atomic E-state index is 11.6. The molecule has 0 aromatic heterocycles. The van der Waals surface area contributed by atoms with E-state index in [4.69, 9.17) is 9.47 Å². The van der Waals surface area contributed by atoms with Crippen LogP contribution in [0.1, 0.15) is 90.9 Å². The number of ether oxygens (including phenoxy) is 2. The van der Waals surface area contributed by atoms with Crippen LogP contribution in [0.5, 0.6) is 0 Å². The van der Waals surface area contributed by atoms with Crippen LogP contribution in [-0.2, 0) is 19.1 Å². The number of hydrogen-bond donors (Lipinski definition) is 2. The molecule has 0 aliphatic rings. The van der Waals surface area contributed by atoms with E-state index in [2.05, 4.69) is 13.8 Å². The van der Waals surface area contributed by atoms with Gasteiger partial charge in [0.2, 0.25) is 0 Å². The molecule has 0 saturated heterocycles. The van der Waals surface area contributed by atoms with E-state index < -0.39 is 11.9 Å². The quantitative estimate of drug-likeness (QED) is 0.299. The van der Waals surface area contributed by atoms with E-state index in [1.54, 1.807) is 0 Å². The Kier molecular flexibility index (Phi) is 16.5. The normalized spacial score (nSPS) is 13.2. The summed E-state index contributed by atoms with van der Waals surface area (Å²) in [6, 6.07) is 0. The Hall–Kier alpha value is -1.14. The summed E-state index contributed by atoms with van der Waals surface area (Å²) in [5.74, 6) is -0.833. The van der Waals surface area contributed by atoms with E-state index in [1.807, 2.05) is 0 Å². The van der Waals surface area contributed by atoms with Crippen molar-refractivity contribution in [1.82, 2.24) is 0 Å². The monoisotopic (exact) mass is 374 g/mol. The van der Waals surface area contributed by atoms with Crippen LogP contribution < -0.4 is 0 Å². The summed E-state index contributed by atoms with van der Waals surface area (Å²) in [7, 11) is 0. The molecule has 0 aliphatic carbocycles. The molecule has 2 unspecified atom stereocenters. The molecule has 0 amide bonds. The van der Waals surface area contributed by atoms with Gasteiger partial charge in [-0.15, -0.1) is 0 Å². The van der Waals surface area contributed by atoms with Crippen molar-refractivity contribution < 1.29 is 29.3 Å². The second-order valence-corrected chi connectivity index (χ2v) is 6.82. The van der Waals surface area contributed by atoms with Crippen molar-refractivity contribution in [3.63, 3.8) is 0 Å². The number of hydrogen-bond acceptors (Lipinski definition) is 6. The van der Waals surface area contributed by atoms with Crippen LogP contribution in [0.2, 0.25) is 0 Å². The van der Waals surface area contributed by atoms with Gasteiger partial charge in [0.25, 0.3) is 0 Å². The topological polar surface area (TPSA) is 93.1 Å². The van der Waals surface area contributed by atoms with Crippen LogP contribution in [0.25, 0.3) is 0 Å². The molecule has 0 aromatic carbocycles. The molecule has 0 rings (SSSR count). The molecule has 2 N–H and O–H groups in total. The van der Waals surface area contributed by atoms with Crippen LogP contribution in [0.15, 0.2) is 0 Å². The van der Waals surface area contributed by atoms with Crippen molar-refractivity contribution in [1.29, 1.82) is 0 Å². The highest BCUT2D eigenvalue weighted by atomic mass is 16.5. The third-order valence-electron chi connectivity index (χ3n) is 4.20. The van der Waals surface area contributed by atoms with Crippen LogP contribution >= 0.6 is 0 Å². The maximum absolute atomic E-state index is 11.6. The first kappa shape index (κ1) is 24.9. The Bertz CT molecular complexity index is 324. The minimum absolute atomic E-state index is 0.0103. The van der Waals surface area contributed by atoms with Gasteiger partial charge in [-0.25, -0.2) is 0 Å². The van der Waals surface area contributed by atoms with E-state index in [0.717, 1.165) is 38.5 Å². The number of aliphatic hydroxyl groups is 2. The Morgan fingerprint density at radius 2 is 1.04 bits per heavy atom. The Labute approximate surface area is 158 Å². The third-order valence-corrected chi connectivity index (χ3v) is 4.20. The zero-order valence-electron chi connectivity index (χ0n) is 16.6. The summed E-state index contributed by atoms with van der Waals surface area (Å²) in [6.07, 6.45) is 7.55. The zero-order valence-corrected chi connectivity index (χ0v) is 16.6. The minimum atomic E-state index is -0.417. The molecule has 0 heterocycles. The van der Waals surface area contributed by atoms with Gasteiger partial charge >= 0.3 is 11.9 Å². The smallest absolute Gasteiger partial charge is 0.306 e. The van der Waals surface area contributed by atoms with Crippen molar-refractivity contribution in [2.75, 3.05) is 13.2 Å². The van der Waals surface area contributed by atoms with Gasteiger partial charge in [-0.05, 0) is 38.5 Å². The van der Waals surface area contributed by atoms with Gasteiger partial charge in [0.05, 0.1) is 38.3 Å². The summed E-state index contributed by atoms with van der Waals surface area (Å²) in [5.41, 5.74) is 0. The first-order chi connectivity index (χ1) is 12.5. The van der Waals surface area contributed by atoms with E-state index in [9.17, 15) is 19.8 Å². The lowest BCUT2D eigenvalue weighted by Gasteiger charge is -2.10. The Balaban J connectivity index is 3.54. The molecule has 0 bridgehead atoms. The number of carbonyl (C=O) groups excluding carboxylic acids is 2. The fraction of sp³-hybridized carbons (Fsp3) is 0.900. The molecule has 0 aliphatic heterocycles. The van der Waals surface area contributed by atoms with Gasteiger partial charge in [0, 0.05) is 0 Å². The SMILES string of the molecule is CCCCC(O)CCCOC(=O)CCC(=O)OCCCC(O)CCCC. The molecule has 0 fully saturated rings. The standard InChI is InChI=1S/C20H38O6/c1-3-5-9-17(21)11-7-15-25-19(23)13-14-20(24)26-16-8-12-18(22)10-6-4-2/h17-18,21-22H,3-16H2,1-2H3. The van der Waals surface area contributed by atoms with E-state index in [1.165, 1.54) is 0 Å². The highest BCUT2D eigenvalue weighted by molar-refractivity contribution is 5.77. The highest BCUT2D eigenvalue weighted by Crippen LogP contribution is 2.08.